The van der Waals surface area contributed by atoms with Gasteiger partial charge >= 0.3 is 6.61 Å². The molecule has 1 atom stereocenters. The van der Waals surface area contributed by atoms with E-state index in [1.165, 1.54) is 18.2 Å². The zero-order chi connectivity index (χ0) is 12.8. The molecule has 0 aliphatic rings. The number of halogens is 2. The summed E-state index contributed by atoms with van der Waals surface area (Å²) in [6, 6.07) is 5.28. The molecule has 0 aliphatic carbocycles. The molecule has 17 heavy (non-hydrogen) atoms. The number of amides is 1. The molecule has 0 saturated heterocycles. The van der Waals surface area contributed by atoms with Gasteiger partial charge in [-0.05, 0) is 18.6 Å². The number of hydrogen-bond donors (Lipinski definition) is 2. The summed E-state index contributed by atoms with van der Waals surface area (Å²) in [7, 11) is 0. The molecule has 6 heteroatoms. The molecular weight excluding hydrogens is 230 g/mol. The van der Waals surface area contributed by atoms with Crippen LogP contribution < -0.4 is 15.8 Å². The van der Waals surface area contributed by atoms with E-state index in [-0.39, 0.29) is 11.4 Å². The lowest BCUT2D eigenvalue weighted by molar-refractivity contribution is -0.117. The SMILES string of the molecule is CCC(N)C(=O)Nc1ccccc1OC(F)F. The summed E-state index contributed by atoms with van der Waals surface area (Å²) in [6.07, 6.45) is 0.462. The lowest BCUT2D eigenvalue weighted by Gasteiger charge is -2.13. The summed E-state index contributed by atoms with van der Waals surface area (Å²) < 4.78 is 28.5. The number of benzene rings is 1. The highest BCUT2D eigenvalue weighted by molar-refractivity contribution is 5.95. The van der Waals surface area contributed by atoms with Crippen LogP contribution in [-0.2, 0) is 4.79 Å². The molecule has 0 saturated carbocycles. The summed E-state index contributed by atoms with van der Waals surface area (Å²) in [6.45, 7) is -1.18. The van der Waals surface area contributed by atoms with E-state index in [0.717, 1.165) is 0 Å². The Morgan fingerprint density at radius 1 is 1.47 bits per heavy atom. The van der Waals surface area contributed by atoms with Crippen LogP contribution >= 0.6 is 0 Å². The molecule has 0 bridgehead atoms. The number of carbonyl (C=O) groups is 1. The van der Waals surface area contributed by atoms with Crippen molar-refractivity contribution in [3.05, 3.63) is 24.3 Å². The number of nitrogens with two attached hydrogens (primary N) is 1. The molecule has 0 heterocycles. The van der Waals surface area contributed by atoms with Crippen molar-refractivity contribution in [2.75, 3.05) is 5.32 Å². The number of nitrogens with one attached hydrogen (secondary N) is 1. The largest absolute Gasteiger partial charge is 0.433 e. The Bertz CT molecular complexity index is 385. The van der Waals surface area contributed by atoms with Crippen molar-refractivity contribution in [2.45, 2.75) is 26.0 Å². The summed E-state index contributed by atoms with van der Waals surface area (Å²) in [5.74, 6) is -0.517. The number of rotatable bonds is 5. The van der Waals surface area contributed by atoms with Crippen LogP contribution in [0.4, 0.5) is 14.5 Å². The fraction of sp³-hybridized carbons (Fsp3) is 0.364. The van der Waals surface area contributed by atoms with Crippen LogP contribution in [0.2, 0.25) is 0 Å². The molecule has 1 unspecified atom stereocenters. The molecule has 1 aromatic carbocycles. The van der Waals surface area contributed by atoms with Gasteiger partial charge in [-0.1, -0.05) is 19.1 Å². The normalized spacial score (nSPS) is 12.3. The van der Waals surface area contributed by atoms with Gasteiger partial charge in [0.15, 0.2) is 0 Å². The van der Waals surface area contributed by atoms with Gasteiger partial charge in [0.2, 0.25) is 5.91 Å². The van der Waals surface area contributed by atoms with Crippen LogP contribution in [0.5, 0.6) is 5.75 Å². The van der Waals surface area contributed by atoms with E-state index in [2.05, 4.69) is 10.1 Å². The number of anilines is 1. The second-order valence-corrected chi connectivity index (χ2v) is 3.38. The maximum absolute atomic E-state index is 12.1. The smallest absolute Gasteiger partial charge is 0.387 e. The second kappa shape index (κ2) is 6.15. The van der Waals surface area contributed by atoms with E-state index in [4.69, 9.17) is 5.73 Å². The van der Waals surface area contributed by atoms with Gasteiger partial charge in [-0.15, -0.1) is 0 Å². The Morgan fingerprint density at radius 2 is 2.12 bits per heavy atom. The van der Waals surface area contributed by atoms with Crippen molar-refractivity contribution in [3.8, 4) is 5.75 Å². The quantitative estimate of drug-likeness (QED) is 0.832. The third kappa shape index (κ3) is 3.99. The molecule has 3 N–H and O–H groups in total. The first-order valence-electron chi connectivity index (χ1n) is 5.15. The number of ether oxygens (including phenoxy) is 1. The maximum Gasteiger partial charge on any atom is 0.387 e. The number of para-hydroxylation sites is 2. The summed E-state index contributed by atoms with van der Waals surface area (Å²) in [4.78, 5) is 11.5. The Kier molecular flexibility index (Phi) is 4.84. The van der Waals surface area contributed by atoms with Crippen molar-refractivity contribution in [1.29, 1.82) is 0 Å². The van der Waals surface area contributed by atoms with E-state index >= 15 is 0 Å². The number of hydrogen-bond acceptors (Lipinski definition) is 3. The van der Waals surface area contributed by atoms with E-state index in [0.29, 0.717) is 6.42 Å². The fourth-order valence-corrected chi connectivity index (χ4v) is 1.18. The molecule has 1 aromatic rings. The van der Waals surface area contributed by atoms with E-state index in [9.17, 15) is 13.6 Å². The molecule has 1 amide bonds. The van der Waals surface area contributed by atoms with Crippen LogP contribution in [0.15, 0.2) is 24.3 Å². The van der Waals surface area contributed by atoms with Crippen LogP contribution in [0.3, 0.4) is 0 Å². The lowest BCUT2D eigenvalue weighted by Crippen LogP contribution is -2.34. The van der Waals surface area contributed by atoms with Gasteiger partial charge in [0.1, 0.15) is 5.75 Å². The highest BCUT2D eigenvalue weighted by Gasteiger charge is 2.15. The third-order valence-corrected chi connectivity index (χ3v) is 2.14. The molecule has 4 nitrogen and oxygen atoms in total. The van der Waals surface area contributed by atoms with Gasteiger partial charge in [0, 0.05) is 0 Å². The first-order chi connectivity index (χ1) is 8.04. The van der Waals surface area contributed by atoms with E-state index in [1.54, 1.807) is 13.0 Å². The molecule has 0 spiro atoms. The van der Waals surface area contributed by atoms with Crippen LogP contribution in [-0.4, -0.2) is 18.6 Å². The molecule has 0 aliphatic heterocycles. The molecule has 94 valence electrons. The first kappa shape index (κ1) is 13.4. The summed E-state index contributed by atoms with van der Waals surface area (Å²) >= 11 is 0. The second-order valence-electron chi connectivity index (χ2n) is 3.38. The van der Waals surface area contributed by atoms with Gasteiger partial charge in [0.05, 0.1) is 11.7 Å². The Balaban J connectivity index is 2.79. The minimum absolute atomic E-state index is 0.0841. The Morgan fingerprint density at radius 3 is 2.71 bits per heavy atom. The van der Waals surface area contributed by atoms with Crippen molar-refractivity contribution in [1.82, 2.24) is 0 Å². The van der Waals surface area contributed by atoms with Crippen LogP contribution in [0, 0.1) is 0 Å². The van der Waals surface area contributed by atoms with Crippen LogP contribution in [0.1, 0.15) is 13.3 Å². The van der Waals surface area contributed by atoms with Gasteiger partial charge in [-0.3, -0.25) is 4.79 Å². The number of carbonyl (C=O) groups excluding carboxylic acids is 1. The van der Waals surface area contributed by atoms with Gasteiger partial charge in [0.25, 0.3) is 0 Å². The Hall–Kier alpha value is -1.69. The van der Waals surface area contributed by atoms with Crippen molar-refractivity contribution < 1.29 is 18.3 Å². The van der Waals surface area contributed by atoms with Gasteiger partial charge < -0.3 is 15.8 Å². The van der Waals surface area contributed by atoms with Crippen molar-refractivity contribution in [2.24, 2.45) is 5.73 Å². The Labute approximate surface area is 97.8 Å². The highest BCUT2D eigenvalue weighted by Crippen LogP contribution is 2.25. The highest BCUT2D eigenvalue weighted by atomic mass is 19.3. The molecule has 0 aromatic heterocycles. The topological polar surface area (TPSA) is 64.4 Å². The fourth-order valence-electron chi connectivity index (χ4n) is 1.18. The minimum Gasteiger partial charge on any atom is -0.433 e. The average Bonchev–Trinajstić information content (AvgIpc) is 2.29. The van der Waals surface area contributed by atoms with Crippen LogP contribution in [0.25, 0.3) is 0 Å². The van der Waals surface area contributed by atoms with E-state index < -0.39 is 18.6 Å². The third-order valence-electron chi connectivity index (χ3n) is 2.14. The molecule has 1 rings (SSSR count). The predicted molar refractivity (Wildman–Crippen MR) is 60.0 cm³/mol. The monoisotopic (exact) mass is 244 g/mol. The lowest BCUT2D eigenvalue weighted by atomic mass is 10.2. The standard InChI is InChI=1S/C11H14F2N2O2/c1-2-7(14)10(16)15-8-5-3-4-6-9(8)17-11(12)13/h3-7,11H,2,14H2,1H3,(H,15,16). The number of alkyl halides is 2. The van der Waals surface area contributed by atoms with Gasteiger partial charge in [-0.25, -0.2) is 0 Å². The summed E-state index contributed by atoms with van der Waals surface area (Å²) in [5, 5.41) is 2.44. The summed E-state index contributed by atoms with van der Waals surface area (Å²) in [5.41, 5.74) is 5.70. The predicted octanol–water partition coefficient (Wildman–Crippen LogP) is 1.96. The van der Waals surface area contributed by atoms with Crippen molar-refractivity contribution >= 4 is 11.6 Å². The average molecular weight is 244 g/mol. The van der Waals surface area contributed by atoms with Crippen molar-refractivity contribution in [3.63, 3.8) is 0 Å². The molecular formula is C11H14F2N2O2. The van der Waals surface area contributed by atoms with E-state index in [1.807, 2.05) is 0 Å². The molecule has 0 radical (unpaired) electrons. The molecule has 0 fully saturated rings. The minimum atomic E-state index is -2.94. The maximum atomic E-state index is 12.1. The zero-order valence-electron chi connectivity index (χ0n) is 9.32. The first-order valence-corrected chi connectivity index (χ1v) is 5.15. The van der Waals surface area contributed by atoms with Gasteiger partial charge in [-0.2, -0.15) is 8.78 Å². The zero-order valence-corrected chi connectivity index (χ0v) is 9.32.